The van der Waals surface area contributed by atoms with Gasteiger partial charge in [0, 0.05) is 0 Å². The molecule has 0 aliphatic rings. The summed E-state index contributed by atoms with van der Waals surface area (Å²) in [5, 5.41) is 16.3. The molecule has 0 fully saturated rings. The zero-order valence-corrected chi connectivity index (χ0v) is 6.37. The molecular formula is C7H9FN2O. The standard InChI is InChI=1S/C7H9FN2O/c1-7(2,11)6-5(8)3-4-9-10-6/h3-4,11H,1-2H3. The van der Waals surface area contributed by atoms with E-state index in [-0.39, 0.29) is 5.69 Å². The van der Waals surface area contributed by atoms with E-state index < -0.39 is 11.4 Å². The SMILES string of the molecule is CC(C)(O)c1nnccc1F. The number of hydrogen-bond acceptors (Lipinski definition) is 3. The number of halogens is 1. The van der Waals surface area contributed by atoms with Crippen LogP contribution in [0.15, 0.2) is 12.3 Å². The van der Waals surface area contributed by atoms with Crippen molar-refractivity contribution >= 4 is 0 Å². The second-order valence-electron chi connectivity index (χ2n) is 2.79. The molecule has 0 aliphatic heterocycles. The van der Waals surface area contributed by atoms with Gasteiger partial charge in [0.05, 0.1) is 6.20 Å². The predicted molar refractivity (Wildman–Crippen MR) is 37.2 cm³/mol. The highest BCUT2D eigenvalue weighted by Crippen LogP contribution is 2.18. The number of aromatic nitrogens is 2. The molecule has 0 aromatic carbocycles. The summed E-state index contributed by atoms with van der Waals surface area (Å²) in [5.41, 5.74) is -1.29. The van der Waals surface area contributed by atoms with Crippen molar-refractivity contribution in [1.82, 2.24) is 10.2 Å². The van der Waals surface area contributed by atoms with Crippen molar-refractivity contribution in [2.45, 2.75) is 19.4 Å². The molecule has 0 saturated carbocycles. The van der Waals surface area contributed by atoms with E-state index in [0.717, 1.165) is 0 Å². The van der Waals surface area contributed by atoms with Gasteiger partial charge >= 0.3 is 0 Å². The van der Waals surface area contributed by atoms with Gasteiger partial charge in [-0.3, -0.25) is 0 Å². The molecule has 1 heterocycles. The first kappa shape index (κ1) is 8.07. The van der Waals surface area contributed by atoms with Crippen molar-refractivity contribution in [1.29, 1.82) is 0 Å². The van der Waals surface area contributed by atoms with Gasteiger partial charge in [-0.05, 0) is 19.9 Å². The lowest BCUT2D eigenvalue weighted by atomic mass is 10.1. The van der Waals surface area contributed by atoms with Crippen LogP contribution in [-0.2, 0) is 5.60 Å². The van der Waals surface area contributed by atoms with Crippen LogP contribution in [0.5, 0.6) is 0 Å². The van der Waals surface area contributed by atoms with E-state index in [4.69, 9.17) is 0 Å². The van der Waals surface area contributed by atoms with Crippen LogP contribution in [0.3, 0.4) is 0 Å². The highest BCUT2D eigenvalue weighted by Gasteiger charge is 2.22. The van der Waals surface area contributed by atoms with Gasteiger partial charge in [-0.2, -0.15) is 5.10 Å². The molecule has 0 bridgehead atoms. The maximum Gasteiger partial charge on any atom is 0.151 e. The molecule has 0 spiro atoms. The molecular weight excluding hydrogens is 147 g/mol. The summed E-state index contributed by atoms with van der Waals surface area (Å²) in [6, 6.07) is 1.17. The van der Waals surface area contributed by atoms with Crippen LogP contribution in [0.2, 0.25) is 0 Å². The molecule has 11 heavy (non-hydrogen) atoms. The topological polar surface area (TPSA) is 46.0 Å². The van der Waals surface area contributed by atoms with Gasteiger partial charge in [0.2, 0.25) is 0 Å². The third kappa shape index (κ3) is 1.71. The molecule has 1 aromatic rings. The molecule has 60 valence electrons. The van der Waals surface area contributed by atoms with Crippen molar-refractivity contribution in [2.75, 3.05) is 0 Å². The second-order valence-corrected chi connectivity index (χ2v) is 2.79. The fraction of sp³-hybridized carbons (Fsp3) is 0.429. The first-order valence-corrected chi connectivity index (χ1v) is 3.22. The zero-order chi connectivity index (χ0) is 8.48. The van der Waals surface area contributed by atoms with E-state index in [9.17, 15) is 9.50 Å². The van der Waals surface area contributed by atoms with E-state index in [1.54, 1.807) is 0 Å². The second kappa shape index (κ2) is 2.54. The van der Waals surface area contributed by atoms with Gasteiger partial charge in [0.25, 0.3) is 0 Å². The Morgan fingerprint density at radius 3 is 2.55 bits per heavy atom. The Balaban J connectivity index is 3.14. The maximum absolute atomic E-state index is 12.8. The zero-order valence-electron chi connectivity index (χ0n) is 6.37. The Bertz CT molecular complexity index is 257. The molecule has 0 aliphatic carbocycles. The largest absolute Gasteiger partial charge is 0.384 e. The number of hydrogen-bond donors (Lipinski definition) is 1. The normalized spacial score (nSPS) is 11.6. The van der Waals surface area contributed by atoms with Crippen molar-refractivity contribution in [3.63, 3.8) is 0 Å². The summed E-state index contributed by atoms with van der Waals surface area (Å²) in [6.07, 6.45) is 1.24. The highest BCUT2D eigenvalue weighted by atomic mass is 19.1. The summed E-state index contributed by atoms with van der Waals surface area (Å²) in [4.78, 5) is 0. The minimum absolute atomic E-state index is 0.0278. The van der Waals surface area contributed by atoms with Gasteiger partial charge in [-0.15, -0.1) is 5.10 Å². The molecule has 1 aromatic heterocycles. The fourth-order valence-electron chi connectivity index (χ4n) is 0.731. The molecule has 0 radical (unpaired) electrons. The lowest BCUT2D eigenvalue weighted by Gasteiger charge is -2.15. The quantitative estimate of drug-likeness (QED) is 0.655. The van der Waals surface area contributed by atoms with Crippen molar-refractivity contribution in [3.05, 3.63) is 23.8 Å². The number of aliphatic hydroxyl groups is 1. The first-order valence-electron chi connectivity index (χ1n) is 3.22. The average molecular weight is 156 g/mol. The molecule has 0 saturated heterocycles. The van der Waals surface area contributed by atoms with E-state index in [1.165, 1.54) is 26.1 Å². The van der Waals surface area contributed by atoms with Crippen LogP contribution < -0.4 is 0 Å². The van der Waals surface area contributed by atoms with Gasteiger partial charge < -0.3 is 5.11 Å². The minimum Gasteiger partial charge on any atom is -0.384 e. The lowest BCUT2D eigenvalue weighted by molar-refractivity contribution is 0.0683. The molecule has 4 heteroatoms. The van der Waals surface area contributed by atoms with Crippen molar-refractivity contribution < 1.29 is 9.50 Å². The van der Waals surface area contributed by atoms with Crippen LogP contribution in [0, 0.1) is 5.82 Å². The highest BCUT2D eigenvalue weighted by molar-refractivity contribution is 5.10. The van der Waals surface area contributed by atoms with Crippen LogP contribution in [0.4, 0.5) is 4.39 Å². The lowest BCUT2D eigenvalue weighted by Crippen LogP contribution is -2.20. The molecule has 3 nitrogen and oxygen atoms in total. The number of nitrogens with zero attached hydrogens (tertiary/aromatic N) is 2. The average Bonchev–Trinajstić information content (AvgIpc) is 1.86. The molecule has 0 unspecified atom stereocenters. The van der Waals surface area contributed by atoms with E-state index in [1.807, 2.05) is 0 Å². The minimum atomic E-state index is -1.27. The van der Waals surface area contributed by atoms with Crippen LogP contribution >= 0.6 is 0 Å². The molecule has 0 amide bonds. The fourth-order valence-corrected chi connectivity index (χ4v) is 0.731. The van der Waals surface area contributed by atoms with Gasteiger partial charge in [0.15, 0.2) is 5.82 Å². The molecule has 1 rings (SSSR count). The molecule has 0 atom stereocenters. The van der Waals surface area contributed by atoms with Crippen molar-refractivity contribution in [2.24, 2.45) is 0 Å². The van der Waals surface area contributed by atoms with Crippen LogP contribution in [0.25, 0.3) is 0 Å². The van der Waals surface area contributed by atoms with E-state index >= 15 is 0 Å². The Labute approximate surface area is 63.9 Å². The third-order valence-corrected chi connectivity index (χ3v) is 1.25. The Morgan fingerprint density at radius 1 is 1.55 bits per heavy atom. The van der Waals surface area contributed by atoms with E-state index in [2.05, 4.69) is 10.2 Å². The molecule has 1 N–H and O–H groups in total. The Kier molecular flexibility index (Phi) is 1.87. The maximum atomic E-state index is 12.8. The van der Waals surface area contributed by atoms with Crippen LogP contribution in [-0.4, -0.2) is 15.3 Å². The Hall–Kier alpha value is -1.03. The first-order chi connectivity index (χ1) is 5.02. The van der Waals surface area contributed by atoms with Crippen molar-refractivity contribution in [3.8, 4) is 0 Å². The summed E-state index contributed by atoms with van der Waals surface area (Å²) >= 11 is 0. The summed E-state index contributed by atoms with van der Waals surface area (Å²) in [6.45, 7) is 2.92. The Morgan fingerprint density at radius 2 is 2.18 bits per heavy atom. The monoisotopic (exact) mass is 156 g/mol. The number of rotatable bonds is 1. The third-order valence-electron chi connectivity index (χ3n) is 1.25. The summed E-state index contributed by atoms with van der Waals surface area (Å²) in [7, 11) is 0. The van der Waals surface area contributed by atoms with Gasteiger partial charge in [-0.25, -0.2) is 4.39 Å². The van der Waals surface area contributed by atoms with Crippen LogP contribution in [0.1, 0.15) is 19.5 Å². The van der Waals surface area contributed by atoms with E-state index in [0.29, 0.717) is 0 Å². The van der Waals surface area contributed by atoms with Gasteiger partial charge in [-0.1, -0.05) is 0 Å². The predicted octanol–water partition coefficient (Wildman–Crippen LogP) is 0.843. The van der Waals surface area contributed by atoms with Gasteiger partial charge in [0.1, 0.15) is 11.3 Å². The smallest absolute Gasteiger partial charge is 0.151 e. The summed E-state index contributed by atoms with van der Waals surface area (Å²) < 4.78 is 12.8. The summed E-state index contributed by atoms with van der Waals surface area (Å²) in [5.74, 6) is -0.535.